The van der Waals surface area contributed by atoms with Crippen LogP contribution in [0.1, 0.15) is 72.1 Å². The number of hydrogen-bond donors (Lipinski definition) is 1. The minimum atomic E-state index is -0.305. The van der Waals surface area contributed by atoms with E-state index < -0.39 is 0 Å². The van der Waals surface area contributed by atoms with Crippen LogP contribution in [0.2, 0.25) is 0 Å². The third kappa shape index (κ3) is 6.06. The van der Waals surface area contributed by atoms with Crippen molar-refractivity contribution in [3.63, 3.8) is 0 Å². The van der Waals surface area contributed by atoms with Crippen LogP contribution in [0, 0.1) is 5.92 Å². The average Bonchev–Trinajstić information content (AvgIpc) is 2.63. The van der Waals surface area contributed by atoms with Crippen LogP contribution >= 0.6 is 0 Å². The van der Waals surface area contributed by atoms with Crippen molar-refractivity contribution in [3.05, 3.63) is 0 Å². The number of carbonyl (C=O) groups excluding carboxylic acids is 2. The molecule has 4 heteroatoms. The van der Waals surface area contributed by atoms with Gasteiger partial charge in [0.2, 0.25) is 11.8 Å². The van der Waals surface area contributed by atoms with E-state index in [4.69, 9.17) is 0 Å². The molecule has 4 nitrogen and oxygen atoms in total. The lowest BCUT2D eigenvalue weighted by Crippen LogP contribution is -2.48. The van der Waals surface area contributed by atoms with Crippen molar-refractivity contribution in [1.29, 1.82) is 0 Å². The van der Waals surface area contributed by atoms with Crippen LogP contribution < -0.4 is 5.32 Å². The molecule has 0 aromatic carbocycles. The molecule has 0 spiro atoms. The molecule has 1 heterocycles. The lowest BCUT2D eigenvalue weighted by atomic mass is 10.0. The monoisotopic (exact) mass is 296 g/mol. The third-order valence-corrected chi connectivity index (χ3v) is 4.30. The van der Waals surface area contributed by atoms with Gasteiger partial charge in [-0.3, -0.25) is 9.59 Å². The Labute approximate surface area is 129 Å². The number of nitrogens with zero attached hydrogens (tertiary/aromatic N) is 1. The molecule has 1 N–H and O–H groups in total. The van der Waals surface area contributed by atoms with Crippen LogP contribution in [0.25, 0.3) is 0 Å². The lowest BCUT2D eigenvalue weighted by Gasteiger charge is -2.25. The molecule has 2 unspecified atom stereocenters. The van der Waals surface area contributed by atoms with Crippen LogP contribution in [0.15, 0.2) is 0 Å². The molecule has 0 saturated carbocycles. The van der Waals surface area contributed by atoms with Gasteiger partial charge in [-0.25, -0.2) is 0 Å². The maximum atomic E-state index is 12.6. The van der Waals surface area contributed by atoms with E-state index in [9.17, 15) is 9.59 Å². The lowest BCUT2D eigenvalue weighted by molar-refractivity contribution is -0.137. The molecule has 1 aliphatic rings. The standard InChI is InChI=1S/C17H32N2O2/c1-4-6-8-12-19-13-9-7-11-15(17(19)21)18-16(20)14(3)10-5-2/h14-15H,4-13H2,1-3H3,(H,18,20). The summed E-state index contributed by atoms with van der Waals surface area (Å²) in [5.74, 6) is 0.158. The van der Waals surface area contributed by atoms with Gasteiger partial charge in [-0.05, 0) is 32.1 Å². The number of rotatable bonds is 8. The first-order valence-electron chi connectivity index (χ1n) is 8.69. The highest BCUT2D eigenvalue weighted by Crippen LogP contribution is 2.15. The number of nitrogens with one attached hydrogen (secondary N) is 1. The Kier molecular flexibility index (Phi) is 8.40. The van der Waals surface area contributed by atoms with Gasteiger partial charge < -0.3 is 10.2 Å². The third-order valence-electron chi connectivity index (χ3n) is 4.30. The molecule has 1 saturated heterocycles. The Bertz CT molecular complexity index is 331. The molecular formula is C17H32N2O2. The Morgan fingerprint density at radius 2 is 2.05 bits per heavy atom. The number of carbonyl (C=O) groups is 2. The van der Waals surface area contributed by atoms with Crippen molar-refractivity contribution >= 4 is 11.8 Å². The Morgan fingerprint density at radius 1 is 1.29 bits per heavy atom. The normalized spacial score (nSPS) is 21.0. The summed E-state index contributed by atoms with van der Waals surface area (Å²) in [6.45, 7) is 7.88. The van der Waals surface area contributed by atoms with E-state index in [1.165, 1.54) is 0 Å². The minimum Gasteiger partial charge on any atom is -0.344 e. The molecule has 2 atom stereocenters. The predicted octanol–water partition coefficient (Wildman–Crippen LogP) is 3.11. The van der Waals surface area contributed by atoms with Crippen molar-refractivity contribution in [3.8, 4) is 0 Å². The van der Waals surface area contributed by atoms with Gasteiger partial charge >= 0.3 is 0 Å². The van der Waals surface area contributed by atoms with Gasteiger partial charge in [0.1, 0.15) is 6.04 Å². The van der Waals surface area contributed by atoms with E-state index >= 15 is 0 Å². The smallest absolute Gasteiger partial charge is 0.245 e. The zero-order valence-corrected chi connectivity index (χ0v) is 14.0. The van der Waals surface area contributed by atoms with E-state index in [1.807, 2.05) is 11.8 Å². The molecule has 1 aliphatic heterocycles. The highest BCUT2D eigenvalue weighted by molar-refractivity contribution is 5.88. The summed E-state index contributed by atoms with van der Waals surface area (Å²) in [5.41, 5.74) is 0. The fourth-order valence-electron chi connectivity index (χ4n) is 2.89. The molecule has 0 aromatic heterocycles. The average molecular weight is 296 g/mol. The van der Waals surface area contributed by atoms with Crippen LogP contribution in [-0.2, 0) is 9.59 Å². The molecule has 1 rings (SSSR count). The highest BCUT2D eigenvalue weighted by atomic mass is 16.2. The SMILES string of the molecule is CCCCCN1CCCCC(NC(=O)C(C)CCC)C1=O. The van der Waals surface area contributed by atoms with Gasteiger partial charge in [0.15, 0.2) is 0 Å². The van der Waals surface area contributed by atoms with E-state index in [0.717, 1.165) is 64.5 Å². The number of likely N-dealkylation sites (tertiary alicyclic amines) is 1. The van der Waals surface area contributed by atoms with Gasteiger partial charge in [-0.2, -0.15) is 0 Å². The van der Waals surface area contributed by atoms with Gasteiger partial charge in [-0.15, -0.1) is 0 Å². The molecule has 0 aliphatic carbocycles. The highest BCUT2D eigenvalue weighted by Gasteiger charge is 2.28. The summed E-state index contributed by atoms with van der Waals surface area (Å²) in [6, 6.07) is -0.305. The zero-order valence-electron chi connectivity index (χ0n) is 14.0. The quantitative estimate of drug-likeness (QED) is 0.700. The van der Waals surface area contributed by atoms with Gasteiger partial charge in [0, 0.05) is 19.0 Å². The molecule has 2 amide bonds. The van der Waals surface area contributed by atoms with Crippen LogP contribution in [0.3, 0.4) is 0 Å². The van der Waals surface area contributed by atoms with Gasteiger partial charge in [0.05, 0.1) is 0 Å². The Hall–Kier alpha value is -1.06. The second kappa shape index (κ2) is 9.80. The molecule has 21 heavy (non-hydrogen) atoms. The van der Waals surface area contributed by atoms with Crippen molar-refractivity contribution in [2.24, 2.45) is 5.92 Å². The Morgan fingerprint density at radius 3 is 2.71 bits per heavy atom. The van der Waals surface area contributed by atoms with Crippen LogP contribution in [-0.4, -0.2) is 35.8 Å². The van der Waals surface area contributed by atoms with E-state index in [0.29, 0.717) is 0 Å². The number of hydrogen-bond acceptors (Lipinski definition) is 2. The number of amides is 2. The molecular weight excluding hydrogens is 264 g/mol. The van der Waals surface area contributed by atoms with Crippen molar-refractivity contribution in [1.82, 2.24) is 10.2 Å². The van der Waals surface area contributed by atoms with E-state index in [1.54, 1.807) is 0 Å². The van der Waals surface area contributed by atoms with Gasteiger partial charge in [-0.1, -0.05) is 40.0 Å². The maximum absolute atomic E-state index is 12.6. The first-order chi connectivity index (χ1) is 10.1. The molecule has 0 radical (unpaired) electrons. The Balaban J connectivity index is 2.55. The number of unbranched alkanes of at least 4 members (excludes halogenated alkanes) is 2. The molecule has 1 fully saturated rings. The van der Waals surface area contributed by atoms with Crippen LogP contribution in [0.4, 0.5) is 0 Å². The van der Waals surface area contributed by atoms with E-state index in [2.05, 4.69) is 19.2 Å². The first-order valence-corrected chi connectivity index (χ1v) is 8.69. The fourth-order valence-corrected chi connectivity index (χ4v) is 2.89. The zero-order chi connectivity index (χ0) is 15.7. The summed E-state index contributed by atoms with van der Waals surface area (Å²) >= 11 is 0. The summed E-state index contributed by atoms with van der Waals surface area (Å²) < 4.78 is 0. The summed E-state index contributed by atoms with van der Waals surface area (Å²) in [7, 11) is 0. The van der Waals surface area contributed by atoms with Crippen molar-refractivity contribution in [2.75, 3.05) is 13.1 Å². The first kappa shape index (κ1) is 18.0. The summed E-state index contributed by atoms with van der Waals surface area (Å²) in [6.07, 6.45) is 8.12. The van der Waals surface area contributed by atoms with Crippen molar-refractivity contribution < 1.29 is 9.59 Å². The molecule has 0 aromatic rings. The second-order valence-corrected chi connectivity index (χ2v) is 6.28. The second-order valence-electron chi connectivity index (χ2n) is 6.28. The minimum absolute atomic E-state index is 0.000376. The van der Waals surface area contributed by atoms with Crippen LogP contribution in [0.5, 0.6) is 0 Å². The maximum Gasteiger partial charge on any atom is 0.245 e. The topological polar surface area (TPSA) is 49.4 Å². The fraction of sp³-hybridized carbons (Fsp3) is 0.882. The molecule has 0 bridgehead atoms. The van der Waals surface area contributed by atoms with E-state index in [-0.39, 0.29) is 23.8 Å². The largest absolute Gasteiger partial charge is 0.344 e. The summed E-state index contributed by atoms with van der Waals surface area (Å²) in [4.78, 5) is 26.7. The predicted molar refractivity (Wildman–Crippen MR) is 86.0 cm³/mol. The van der Waals surface area contributed by atoms with Crippen molar-refractivity contribution in [2.45, 2.75) is 78.2 Å². The summed E-state index contributed by atoms with van der Waals surface area (Å²) in [5, 5.41) is 2.98. The van der Waals surface area contributed by atoms with Gasteiger partial charge in [0.25, 0.3) is 0 Å². The molecule has 122 valence electrons.